The maximum atomic E-state index is 12.8. The van der Waals surface area contributed by atoms with E-state index in [1.807, 2.05) is 0 Å². The molecule has 3 aromatic rings. The van der Waals surface area contributed by atoms with Crippen LogP contribution in [0.1, 0.15) is 5.82 Å². The fraction of sp³-hybridized carbons (Fsp3) is 0.188. The number of hydrogen-bond acceptors (Lipinski definition) is 16. The SMILES string of the molecule is Nc1nc(/C(=N/O)C(=O)NC2C(=O)N3C(C(=O)[O-])=C(Sc4nc(N)c5cn[nH]c5n4)CS[C@H]23)ns1.[Na+]. The van der Waals surface area contributed by atoms with Crippen LogP contribution in [0.3, 0.4) is 0 Å². The third kappa shape index (κ3) is 4.48. The summed E-state index contributed by atoms with van der Waals surface area (Å²) in [6.07, 6.45) is 1.46. The van der Waals surface area contributed by atoms with E-state index in [0.29, 0.717) is 11.0 Å². The molecule has 16 nitrogen and oxygen atoms in total. The Bertz CT molecular complexity index is 1460. The second kappa shape index (κ2) is 10.2. The maximum absolute atomic E-state index is 12.8. The molecule has 5 rings (SSSR count). The van der Waals surface area contributed by atoms with Crippen molar-refractivity contribution in [3.8, 4) is 0 Å². The number of aromatic nitrogens is 6. The van der Waals surface area contributed by atoms with Gasteiger partial charge in [-0.05, 0) is 0 Å². The van der Waals surface area contributed by atoms with Crippen LogP contribution < -0.4 is 51.4 Å². The molecule has 1 saturated heterocycles. The minimum absolute atomic E-state index is 0. The first kappa shape index (κ1) is 26.1. The topological polar surface area (TPSA) is 254 Å². The number of nitrogens with zero attached hydrogens (tertiary/aromatic N) is 7. The van der Waals surface area contributed by atoms with Gasteiger partial charge in [0, 0.05) is 22.2 Å². The molecule has 2 aliphatic rings. The van der Waals surface area contributed by atoms with Crippen LogP contribution in [-0.2, 0) is 14.4 Å². The molecule has 0 radical (unpaired) electrons. The number of nitrogen functional groups attached to an aromatic ring is 2. The van der Waals surface area contributed by atoms with Gasteiger partial charge in [0.15, 0.2) is 15.9 Å². The van der Waals surface area contributed by atoms with Gasteiger partial charge in [0.1, 0.15) is 17.2 Å². The number of aromatic amines is 1. The number of H-pyrrole nitrogens is 1. The van der Waals surface area contributed by atoms with E-state index in [4.69, 9.17) is 11.5 Å². The molecule has 1 unspecified atom stereocenters. The predicted molar refractivity (Wildman–Crippen MR) is 122 cm³/mol. The van der Waals surface area contributed by atoms with Crippen molar-refractivity contribution < 1.29 is 54.3 Å². The summed E-state index contributed by atoms with van der Waals surface area (Å²) in [6, 6.07) is -1.09. The Morgan fingerprint density at radius 3 is 2.78 bits per heavy atom. The molecule has 5 heterocycles. The molecule has 0 bridgehead atoms. The van der Waals surface area contributed by atoms with Gasteiger partial charge in [-0.25, -0.2) is 9.97 Å². The molecular weight excluding hydrogens is 545 g/mol. The zero-order chi connectivity index (χ0) is 24.9. The second-order valence-corrected chi connectivity index (χ2v) is 9.90. The molecule has 2 aliphatic heterocycles. The number of nitrogens with two attached hydrogens (primary N) is 2. The normalized spacial score (nSPS) is 19.5. The second-order valence-electron chi connectivity index (χ2n) is 6.95. The Kier molecular flexibility index (Phi) is 7.38. The molecule has 0 spiro atoms. The number of thioether (sulfide) groups is 2. The van der Waals surface area contributed by atoms with Crippen LogP contribution in [0.4, 0.5) is 10.9 Å². The number of aliphatic carboxylic acids is 1. The van der Waals surface area contributed by atoms with E-state index in [1.165, 1.54) is 18.0 Å². The fourth-order valence-corrected chi connectivity index (χ4v) is 6.23. The van der Waals surface area contributed by atoms with Crippen LogP contribution in [0.5, 0.6) is 0 Å². The number of nitrogens with one attached hydrogen (secondary N) is 2. The van der Waals surface area contributed by atoms with Crippen LogP contribution in [0.15, 0.2) is 27.1 Å². The van der Waals surface area contributed by atoms with E-state index in [2.05, 4.69) is 40.0 Å². The van der Waals surface area contributed by atoms with Gasteiger partial charge in [-0.3, -0.25) is 19.6 Å². The number of carbonyl (C=O) groups excluding carboxylic acids is 3. The first-order valence-corrected chi connectivity index (χ1v) is 12.1. The average molecular weight is 558 g/mol. The van der Waals surface area contributed by atoms with Crippen LogP contribution in [0.2, 0.25) is 0 Å². The Morgan fingerprint density at radius 2 is 2.11 bits per heavy atom. The molecule has 2 amide bonds. The average Bonchev–Trinajstić information content (AvgIpc) is 3.47. The molecule has 36 heavy (non-hydrogen) atoms. The fourth-order valence-electron chi connectivity index (χ4n) is 3.38. The molecule has 0 aromatic carbocycles. The first-order valence-electron chi connectivity index (χ1n) is 9.44. The van der Waals surface area contributed by atoms with Gasteiger partial charge in [0.05, 0.1) is 23.2 Å². The Labute approximate surface area is 234 Å². The van der Waals surface area contributed by atoms with Gasteiger partial charge in [0.25, 0.3) is 11.8 Å². The Morgan fingerprint density at radius 1 is 1.33 bits per heavy atom. The Balaban J connectivity index is 0.00000304. The van der Waals surface area contributed by atoms with E-state index >= 15 is 0 Å². The summed E-state index contributed by atoms with van der Waals surface area (Å²) in [6.45, 7) is 0. The van der Waals surface area contributed by atoms with Crippen molar-refractivity contribution in [3.63, 3.8) is 0 Å². The van der Waals surface area contributed by atoms with Crippen LogP contribution >= 0.6 is 35.1 Å². The zero-order valence-corrected chi connectivity index (χ0v) is 22.5. The van der Waals surface area contributed by atoms with Crippen LogP contribution in [0.25, 0.3) is 11.0 Å². The number of oxime groups is 1. The number of rotatable bonds is 6. The van der Waals surface area contributed by atoms with Crippen LogP contribution in [0, 0.1) is 0 Å². The standard InChI is InChI=1S/C16H13N11O5S3.Na/c17-8-3-1-19-24-9(3)23-16(21-8)34-4-2-33-13-6(12(29)27(13)7(4)14(30)31)20-11(28)5(25-32)10-22-15(18)35-26-10;/h1,6,13,32H,2H2,(H,20,28)(H,30,31)(H2,18,22,26)(H3,17,19,21,23,24);/q;+1/p-1/b25-5-;/t6?,13-;/m1./s1. The third-order valence-electron chi connectivity index (χ3n) is 4.92. The van der Waals surface area contributed by atoms with Crippen molar-refractivity contribution in [2.24, 2.45) is 5.16 Å². The molecular formula is C16H12N11NaO5S3. The van der Waals surface area contributed by atoms with E-state index in [0.717, 1.165) is 28.2 Å². The van der Waals surface area contributed by atoms with E-state index in [9.17, 15) is 24.7 Å². The molecule has 20 heteroatoms. The molecule has 0 aliphatic carbocycles. The number of hydrogen-bond donors (Lipinski definition) is 5. The minimum Gasteiger partial charge on any atom is -0.543 e. The van der Waals surface area contributed by atoms with Crippen molar-refractivity contribution in [3.05, 3.63) is 22.6 Å². The molecule has 0 saturated carbocycles. The summed E-state index contributed by atoms with van der Waals surface area (Å²) >= 11 is 2.92. The largest absolute Gasteiger partial charge is 1.00 e. The number of carbonyl (C=O) groups is 3. The number of amides is 2. The maximum Gasteiger partial charge on any atom is 1.00 e. The third-order valence-corrected chi connectivity index (χ3v) is 7.87. The summed E-state index contributed by atoms with van der Waals surface area (Å²) in [4.78, 5) is 50.8. The smallest absolute Gasteiger partial charge is 0.543 e. The number of carboxylic acid groups (broad SMARTS) is 1. The van der Waals surface area contributed by atoms with E-state index < -0.39 is 34.9 Å². The van der Waals surface area contributed by atoms with Crippen molar-refractivity contribution in [2.45, 2.75) is 16.6 Å². The van der Waals surface area contributed by atoms with Crippen molar-refractivity contribution in [1.29, 1.82) is 0 Å². The van der Waals surface area contributed by atoms with Gasteiger partial charge in [-0.1, -0.05) is 16.9 Å². The number of carboxylic acids is 1. The van der Waals surface area contributed by atoms with Crippen LogP contribution in [-0.4, -0.2) is 80.3 Å². The van der Waals surface area contributed by atoms with Crippen molar-refractivity contribution in [2.75, 3.05) is 17.2 Å². The van der Waals surface area contributed by atoms with Gasteiger partial charge in [0.2, 0.25) is 11.5 Å². The summed E-state index contributed by atoms with van der Waals surface area (Å²) in [5, 5.41) is 33.0. The molecule has 2 atom stereocenters. The monoisotopic (exact) mass is 557 g/mol. The Hall–Kier alpha value is -2.97. The summed E-state index contributed by atoms with van der Waals surface area (Å²) in [5.74, 6) is -3.10. The summed E-state index contributed by atoms with van der Waals surface area (Å²) in [5.41, 5.74) is 10.9. The van der Waals surface area contributed by atoms with Crippen molar-refractivity contribution in [1.82, 2.24) is 39.7 Å². The first-order chi connectivity index (χ1) is 16.8. The van der Waals surface area contributed by atoms with Gasteiger partial charge < -0.3 is 31.9 Å². The molecule has 7 N–H and O–H groups in total. The molecule has 1 fully saturated rings. The van der Waals surface area contributed by atoms with Gasteiger partial charge in [-0.15, -0.1) is 11.8 Å². The zero-order valence-electron chi connectivity index (χ0n) is 18.0. The number of β-lactam (4-membered cyclic amide) rings is 1. The van der Waals surface area contributed by atoms with Gasteiger partial charge >= 0.3 is 29.6 Å². The minimum atomic E-state index is -1.58. The molecule has 3 aromatic heterocycles. The summed E-state index contributed by atoms with van der Waals surface area (Å²) in [7, 11) is 0. The van der Waals surface area contributed by atoms with Crippen molar-refractivity contribution >= 4 is 80.5 Å². The molecule has 180 valence electrons. The quantitative estimate of drug-likeness (QED) is 0.0474. The number of fused-ring (bicyclic) bond motifs is 2. The van der Waals surface area contributed by atoms with E-state index in [1.54, 1.807) is 0 Å². The van der Waals surface area contributed by atoms with E-state index in [-0.39, 0.29) is 67.8 Å². The number of anilines is 2. The predicted octanol–water partition coefficient (Wildman–Crippen LogP) is -5.30. The summed E-state index contributed by atoms with van der Waals surface area (Å²) < 4.78 is 3.80. The van der Waals surface area contributed by atoms with Gasteiger partial charge in [-0.2, -0.15) is 14.5 Å².